The van der Waals surface area contributed by atoms with Gasteiger partial charge in [-0.25, -0.2) is 27.5 Å². The van der Waals surface area contributed by atoms with Gasteiger partial charge in [-0.15, -0.1) is 0 Å². The lowest BCUT2D eigenvalue weighted by Gasteiger charge is -2.55. The van der Waals surface area contributed by atoms with Crippen LogP contribution in [-0.4, -0.2) is 72.9 Å². The quantitative estimate of drug-likeness (QED) is 0.168. The molecule has 4 fully saturated rings. The smallest absolute Gasteiger partial charge is 0.261 e. The van der Waals surface area contributed by atoms with Crippen LogP contribution in [0.3, 0.4) is 0 Å². The standard InChI is InChI=1S/C41H46F4N8O2/c1-20(2)52-19-47-29-14-27(48-35(33(29)52)49-28-13-26(21(3)31(42)32(28)43)36(54)50-41(8-9-41)37(44)45)23-12-30-34(46-17-23)39(4,5)38(55)53(30)25-15-40(6,16-25)51-10-7-22-11-24(22)18-51/h12-14,17,19-20,22,24-25,37H,7-11,15-16,18H2,1-6H3,(H,48,49)(H,50,54)/t22?,24-,25-,40+/m1/s1. The van der Waals surface area contributed by atoms with Crippen molar-refractivity contribution >= 4 is 40.0 Å². The summed E-state index contributed by atoms with van der Waals surface area (Å²) in [4.78, 5) is 46.2. The van der Waals surface area contributed by atoms with Gasteiger partial charge in [-0.3, -0.25) is 19.5 Å². The van der Waals surface area contributed by atoms with E-state index in [0.717, 1.165) is 49.5 Å². The van der Waals surface area contributed by atoms with Crippen molar-refractivity contribution in [2.24, 2.45) is 11.8 Å². The lowest BCUT2D eigenvalue weighted by Crippen LogP contribution is -2.64. The molecule has 0 bridgehead atoms. The molecule has 4 aromatic rings. The van der Waals surface area contributed by atoms with Crippen molar-refractivity contribution in [3.63, 3.8) is 0 Å². The summed E-state index contributed by atoms with van der Waals surface area (Å²) in [5.41, 5.74) is 0.106. The van der Waals surface area contributed by atoms with Gasteiger partial charge in [0.05, 0.1) is 40.0 Å². The number of hydrogen-bond donors (Lipinski definition) is 2. The molecule has 1 unspecified atom stereocenters. The Morgan fingerprint density at radius 1 is 1.02 bits per heavy atom. The summed E-state index contributed by atoms with van der Waals surface area (Å²) >= 11 is 0. The molecule has 10 nitrogen and oxygen atoms in total. The number of likely N-dealkylation sites (tertiary alicyclic amines) is 1. The number of carbonyl (C=O) groups excluding carboxylic acids is 2. The lowest BCUT2D eigenvalue weighted by atomic mass is 9.71. The van der Waals surface area contributed by atoms with Crippen molar-refractivity contribution < 1.29 is 27.2 Å². The van der Waals surface area contributed by atoms with Crippen LogP contribution in [-0.2, 0) is 10.2 Å². The molecule has 3 aromatic heterocycles. The largest absolute Gasteiger partial charge is 0.341 e. The number of imidazole rings is 1. The Hall–Kier alpha value is -4.59. The Morgan fingerprint density at radius 2 is 1.76 bits per heavy atom. The van der Waals surface area contributed by atoms with E-state index >= 15 is 8.78 Å². The van der Waals surface area contributed by atoms with Gasteiger partial charge < -0.3 is 20.1 Å². The van der Waals surface area contributed by atoms with Gasteiger partial charge in [0.25, 0.3) is 12.3 Å². The van der Waals surface area contributed by atoms with Crippen molar-refractivity contribution in [2.75, 3.05) is 23.3 Å². The monoisotopic (exact) mass is 758 g/mol. The highest BCUT2D eigenvalue weighted by atomic mass is 19.3. The molecule has 55 heavy (non-hydrogen) atoms. The predicted octanol–water partition coefficient (Wildman–Crippen LogP) is 7.82. The third kappa shape index (κ3) is 5.63. The Bertz CT molecular complexity index is 2280. The Kier molecular flexibility index (Phi) is 8.00. The Labute approximate surface area is 317 Å². The minimum atomic E-state index is -2.79. The molecular weight excluding hydrogens is 712 g/mol. The minimum Gasteiger partial charge on any atom is -0.341 e. The van der Waals surface area contributed by atoms with Crippen LogP contribution in [0.4, 0.5) is 34.8 Å². The summed E-state index contributed by atoms with van der Waals surface area (Å²) in [6.45, 7) is 13.5. The molecule has 1 saturated heterocycles. The topological polar surface area (TPSA) is 108 Å². The highest BCUT2D eigenvalue weighted by Gasteiger charge is 2.57. The number of nitrogens with one attached hydrogen (secondary N) is 2. The fourth-order valence-corrected chi connectivity index (χ4v) is 9.29. The number of fused-ring (bicyclic) bond motifs is 3. The van der Waals surface area contributed by atoms with Gasteiger partial charge in [0, 0.05) is 47.1 Å². The maximum Gasteiger partial charge on any atom is 0.261 e. The minimum absolute atomic E-state index is 0.0133. The summed E-state index contributed by atoms with van der Waals surface area (Å²) in [5.74, 6) is -1.57. The molecule has 0 radical (unpaired) electrons. The number of aromatic nitrogens is 4. The van der Waals surface area contributed by atoms with Crippen molar-refractivity contribution in [3.05, 3.63) is 59.2 Å². The fraction of sp³-hybridized carbons (Fsp3) is 0.537. The molecule has 5 heterocycles. The van der Waals surface area contributed by atoms with E-state index in [-0.39, 0.29) is 59.0 Å². The van der Waals surface area contributed by atoms with Crippen LogP contribution in [0.2, 0.25) is 0 Å². The molecule has 0 spiro atoms. The second-order valence-corrected chi connectivity index (χ2v) is 17.7. The van der Waals surface area contributed by atoms with Crippen molar-refractivity contribution in [1.82, 2.24) is 29.7 Å². The summed E-state index contributed by atoms with van der Waals surface area (Å²) in [5, 5.41) is 5.27. The van der Waals surface area contributed by atoms with Gasteiger partial charge in [0.2, 0.25) is 5.91 Å². The molecule has 5 aliphatic rings. The lowest BCUT2D eigenvalue weighted by molar-refractivity contribution is -0.124. The molecule has 2 amide bonds. The molecular formula is C41H46F4N8O2. The van der Waals surface area contributed by atoms with E-state index in [1.54, 1.807) is 18.6 Å². The van der Waals surface area contributed by atoms with Gasteiger partial charge >= 0.3 is 0 Å². The van der Waals surface area contributed by atoms with Gasteiger partial charge in [-0.1, -0.05) is 0 Å². The van der Waals surface area contributed by atoms with Crippen LogP contribution in [0.1, 0.15) is 101 Å². The van der Waals surface area contributed by atoms with Crippen molar-refractivity contribution in [2.45, 2.75) is 115 Å². The van der Waals surface area contributed by atoms with Crippen LogP contribution < -0.4 is 15.5 Å². The molecule has 9 rings (SSSR count). The van der Waals surface area contributed by atoms with E-state index in [4.69, 9.17) is 9.97 Å². The number of piperidine rings is 1. The summed E-state index contributed by atoms with van der Waals surface area (Å²) in [6, 6.07) is 4.80. The number of pyridine rings is 2. The average Bonchev–Trinajstić information content (AvgIpc) is 4.04. The van der Waals surface area contributed by atoms with Gasteiger partial charge in [-0.05, 0) is 117 Å². The van der Waals surface area contributed by atoms with E-state index in [1.807, 2.05) is 43.2 Å². The number of amides is 2. The maximum atomic E-state index is 15.7. The normalized spacial score (nSPS) is 26.3. The SMILES string of the molecule is Cc1c(C(=O)NC2(C(F)F)CC2)cc(Nc2nc(-c3cnc4c(c3)N([C@H]3C[C@@](C)(N5CCC6C[C@@H]6C5)C3)C(=O)C4(C)C)cc3ncn(C(C)C)c23)c(F)c1F. The molecule has 2 N–H and O–H groups in total. The Morgan fingerprint density at radius 3 is 2.44 bits per heavy atom. The van der Waals surface area contributed by atoms with Gasteiger partial charge in [0.15, 0.2) is 17.5 Å². The molecule has 14 heteroatoms. The molecule has 2 atom stereocenters. The number of rotatable bonds is 9. The second-order valence-electron chi connectivity index (χ2n) is 17.7. The zero-order valence-corrected chi connectivity index (χ0v) is 31.9. The van der Waals surface area contributed by atoms with E-state index in [2.05, 4.69) is 27.4 Å². The number of alkyl halides is 2. The number of carbonyl (C=O) groups is 2. The zero-order chi connectivity index (χ0) is 38.9. The van der Waals surface area contributed by atoms with Crippen molar-refractivity contribution in [3.8, 4) is 11.3 Å². The van der Waals surface area contributed by atoms with Crippen LogP contribution in [0.5, 0.6) is 0 Å². The first-order valence-electron chi connectivity index (χ1n) is 19.3. The van der Waals surface area contributed by atoms with Crippen molar-refractivity contribution in [1.29, 1.82) is 0 Å². The summed E-state index contributed by atoms with van der Waals surface area (Å²) in [6.07, 6.45) is 5.06. The maximum absolute atomic E-state index is 15.7. The predicted molar refractivity (Wildman–Crippen MR) is 201 cm³/mol. The number of nitrogens with zero attached hydrogens (tertiary/aromatic N) is 6. The van der Waals surface area contributed by atoms with Gasteiger partial charge in [0.1, 0.15) is 11.1 Å². The molecule has 1 aromatic carbocycles. The van der Waals surface area contributed by atoms with E-state index in [9.17, 15) is 18.4 Å². The average molecular weight is 759 g/mol. The third-order valence-electron chi connectivity index (χ3n) is 13.2. The van der Waals surface area contributed by atoms with E-state index in [1.165, 1.54) is 19.8 Å². The molecule has 3 saturated carbocycles. The first kappa shape index (κ1) is 36.1. The van der Waals surface area contributed by atoms with Crippen LogP contribution >= 0.6 is 0 Å². The molecule has 3 aliphatic carbocycles. The zero-order valence-electron chi connectivity index (χ0n) is 31.9. The fourth-order valence-electron chi connectivity index (χ4n) is 9.29. The van der Waals surface area contributed by atoms with Gasteiger partial charge in [-0.2, -0.15) is 0 Å². The Balaban J connectivity index is 1.07. The number of anilines is 3. The number of hydrogen-bond acceptors (Lipinski definition) is 7. The van der Waals surface area contributed by atoms with Crippen LogP contribution in [0.15, 0.2) is 30.7 Å². The summed E-state index contributed by atoms with van der Waals surface area (Å²) in [7, 11) is 0. The molecule has 290 valence electrons. The third-order valence-corrected chi connectivity index (χ3v) is 13.2. The summed E-state index contributed by atoms with van der Waals surface area (Å²) < 4.78 is 60.3. The molecule has 2 aliphatic heterocycles. The van der Waals surface area contributed by atoms with E-state index in [0.29, 0.717) is 28.0 Å². The first-order valence-corrected chi connectivity index (χ1v) is 19.3. The van der Waals surface area contributed by atoms with Crippen LogP contribution in [0.25, 0.3) is 22.3 Å². The first-order chi connectivity index (χ1) is 26.0. The number of benzene rings is 1. The van der Waals surface area contributed by atoms with E-state index < -0.39 is 34.9 Å². The van der Waals surface area contributed by atoms with Crippen LogP contribution in [0, 0.1) is 30.4 Å². The number of halogens is 4. The highest BCUT2D eigenvalue weighted by Crippen LogP contribution is 2.53. The second kappa shape index (κ2) is 12.2. The highest BCUT2D eigenvalue weighted by molar-refractivity contribution is 6.08.